The van der Waals surface area contributed by atoms with Crippen LogP contribution in [0, 0.1) is 5.92 Å². The summed E-state index contributed by atoms with van der Waals surface area (Å²) < 4.78 is 2.27. The van der Waals surface area contributed by atoms with Crippen molar-refractivity contribution in [3.63, 3.8) is 0 Å². The molecule has 0 fully saturated rings. The summed E-state index contributed by atoms with van der Waals surface area (Å²) in [6.45, 7) is 2.18. The van der Waals surface area contributed by atoms with Crippen molar-refractivity contribution in [1.29, 1.82) is 0 Å². The van der Waals surface area contributed by atoms with E-state index < -0.39 is 17.2 Å². The fraction of sp³-hybridized carbons (Fsp3) is 0.500. The largest absolute Gasteiger partial charge is 0.481 e. The number of hydrogen-bond acceptors (Lipinski definition) is 5. The van der Waals surface area contributed by atoms with E-state index >= 15 is 0 Å². The van der Waals surface area contributed by atoms with E-state index in [0.717, 1.165) is 4.57 Å². The first-order valence-corrected chi connectivity index (χ1v) is 6.42. The van der Waals surface area contributed by atoms with Gasteiger partial charge in [-0.15, -0.1) is 0 Å². The Morgan fingerprint density at radius 3 is 2.67 bits per heavy atom. The fourth-order valence-corrected chi connectivity index (χ4v) is 2.05. The third-order valence-electron chi connectivity index (χ3n) is 3.24. The summed E-state index contributed by atoms with van der Waals surface area (Å²) in [4.78, 5) is 41.3. The zero-order chi connectivity index (χ0) is 15.7. The van der Waals surface area contributed by atoms with Gasteiger partial charge in [-0.1, -0.05) is 6.92 Å². The van der Waals surface area contributed by atoms with Gasteiger partial charge >= 0.3 is 11.7 Å². The molecule has 2 rings (SSSR count). The van der Waals surface area contributed by atoms with Gasteiger partial charge in [-0.2, -0.15) is 4.98 Å². The Hall–Kier alpha value is -2.58. The number of aromatic nitrogens is 4. The molecule has 0 aliphatic rings. The number of aryl methyl sites for hydroxylation is 1. The molecule has 9 heteroatoms. The highest BCUT2D eigenvalue weighted by Crippen LogP contribution is 2.10. The number of aliphatic carboxylic acids is 1. The van der Waals surface area contributed by atoms with Crippen LogP contribution in [0.2, 0.25) is 0 Å². The van der Waals surface area contributed by atoms with Gasteiger partial charge in [-0.3, -0.25) is 18.7 Å². The van der Waals surface area contributed by atoms with Crippen molar-refractivity contribution >= 4 is 23.1 Å². The molecule has 2 heterocycles. The number of hydrogen-bond donors (Lipinski definition) is 3. The Kier molecular flexibility index (Phi) is 3.83. The van der Waals surface area contributed by atoms with Crippen LogP contribution in [0.15, 0.2) is 9.59 Å². The molecule has 0 aromatic carbocycles. The molecule has 0 bridgehead atoms. The summed E-state index contributed by atoms with van der Waals surface area (Å²) in [6, 6.07) is 0. The van der Waals surface area contributed by atoms with Crippen LogP contribution >= 0.6 is 0 Å². The molecular weight excluding hydrogens is 278 g/mol. The third-order valence-corrected chi connectivity index (χ3v) is 3.24. The first-order valence-electron chi connectivity index (χ1n) is 6.42. The summed E-state index contributed by atoms with van der Waals surface area (Å²) in [5.74, 6) is -0.631. The summed E-state index contributed by atoms with van der Waals surface area (Å²) in [5, 5.41) is 11.6. The molecule has 114 valence electrons. The molecule has 21 heavy (non-hydrogen) atoms. The van der Waals surface area contributed by atoms with Gasteiger partial charge < -0.3 is 15.4 Å². The number of carboxylic acid groups (broad SMARTS) is 1. The van der Waals surface area contributed by atoms with Gasteiger partial charge in [0.25, 0.3) is 5.56 Å². The van der Waals surface area contributed by atoms with E-state index in [1.54, 1.807) is 6.92 Å². The molecule has 9 nitrogen and oxygen atoms in total. The quantitative estimate of drug-likeness (QED) is 0.682. The Morgan fingerprint density at radius 2 is 2.05 bits per heavy atom. The Morgan fingerprint density at radius 1 is 1.38 bits per heavy atom. The van der Waals surface area contributed by atoms with Crippen LogP contribution < -0.4 is 16.6 Å². The minimum atomic E-state index is -0.870. The van der Waals surface area contributed by atoms with Crippen molar-refractivity contribution < 1.29 is 9.90 Å². The second-order valence-electron chi connectivity index (χ2n) is 5.07. The SMILES string of the molecule is CC(CNc1nc2c([nH]1)c(=O)n(C)c(=O)n2C)CC(=O)O. The first-order chi connectivity index (χ1) is 9.81. The molecule has 0 aliphatic carbocycles. The van der Waals surface area contributed by atoms with Gasteiger partial charge in [0, 0.05) is 27.1 Å². The lowest BCUT2D eigenvalue weighted by Gasteiger charge is -2.08. The maximum absolute atomic E-state index is 12.0. The Balaban J connectivity index is 2.30. The summed E-state index contributed by atoms with van der Waals surface area (Å²) >= 11 is 0. The van der Waals surface area contributed by atoms with Crippen molar-refractivity contribution in [3.8, 4) is 0 Å². The van der Waals surface area contributed by atoms with Crippen molar-refractivity contribution in [1.82, 2.24) is 19.1 Å². The first kappa shape index (κ1) is 14.8. The van der Waals surface area contributed by atoms with E-state index in [2.05, 4.69) is 15.3 Å². The number of carbonyl (C=O) groups is 1. The summed E-state index contributed by atoms with van der Waals surface area (Å²) in [6.07, 6.45) is 0.0352. The molecule has 2 aromatic rings. The van der Waals surface area contributed by atoms with Crippen LogP contribution in [-0.2, 0) is 18.9 Å². The lowest BCUT2D eigenvalue weighted by atomic mass is 10.1. The summed E-state index contributed by atoms with van der Waals surface area (Å²) in [5.41, 5.74) is -0.415. The fourth-order valence-electron chi connectivity index (χ4n) is 2.05. The molecule has 0 radical (unpaired) electrons. The van der Waals surface area contributed by atoms with Crippen LogP contribution in [-0.4, -0.2) is 36.7 Å². The third kappa shape index (κ3) is 2.81. The molecule has 0 saturated heterocycles. The zero-order valence-electron chi connectivity index (χ0n) is 12.0. The van der Waals surface area contributed by atoms with Crippen LogP contribution in [0.25, 0.3) is 11.2 Å². The maximum atomic E-state index is 12.0. The Bertz CT molecular complexity index is 800. The number of H-pyrrole nitrogens is 1. The predicted molar refractivity (Wildman–Crippen MR) is 76.5 cm³/mol. The maximum Gasteiger partial charge on any atom is 0.332 e. The average Bonchev–Trinajstić information content (AvgIpc) is 2.84. The lowest BCUT2D eigenvalue weighted by Crippen LogP contribution is -2.36. The standard InChI is InChI=1S/C12H17N5O4/c1-6(4-7(18)19)5-13-11-14-8-9(15-11)16(2)12(21)17(3)10(8)20/h6H,4-5H2,1-3H3,(H,18,19)(H2,13,14,15). The molecule has 1 atom stereocenters. The monoisotopic (exact) mass is 295 g/mol. The van der Waals surface area contributed by atoms with Gasteiger partial charge in [0.2, 0.25) is 5.95 Å². The van der Waals surface area contributed by atoms with Crippen molar-refractivity contribution in [2.24, 2.45) is 20.0 Å². The number of fused-ring (bicyclic) bond motifs is 1. The molecule has 3 N–H and O–H groups in total. The molecule has 0 aliphatic heterocycles. The normalized spacial score (nSPS) is 12.5. The number of aromatic amines is 1. The highest BCUT2D eigenvalue weighted by molar-refractivity contribution is 5.72. The van der Waals surface area contributed by atoms with Crippen molar-refractivity contribution in [3.05, 3.63) is 20.8 Å². The van der Waals surface area contributed by atoms with Gasteiger partial charge in [0.15, 0.2) is 11.2 Å². The molecule has 0 saturated carbocycles. The van der Waals surface area contributed by atoms with Gasteiger partial charge in [-0.25, -0.2) is 4.79 Å². The highest BCUT2D eigenvalue weighted by atomic mass is 16.4. The second kappa shape index (κ2) is 5.43. The van der Waals surface area contributed by atoms with Gasteiger partial charge in [0.05, 0.1) is 0 Å². The van der Waals surface area contributed by atoms with Crippen LogP contribution in [0.1, 0.15) is 13.3 Å². The molecular formula is C12H17N5O4. The van der Waals surface area contributed by atoms with E-state index in [-0.39, 0.29) is 23.5 Å². The second-order valence-corrected chi connectivity index (χ2v) is 5.07. The zero-order valence-corrected chi connectivity index (χ0v) is 12.0. The molecule has 1 unspecified atom stereocenters. The molecule has 0 amide bonds. The van der Waals surface area contributed by atoms with Crippen LogP contribution in [0.4, 0.5) is 5.95 Å². The minimum absolute atomic E-state index is 0.0352. The number of nitrogens with zero attached hydrogens (tertiary/aromatic N) is 3. The Labute approximate surface area is 119 Å². The van der Waals surface area contributed by atoms with E-state index in [4.69, 9.17) is 5.11 Å². The van der Waals surface area contributed by atoms with E-state index in [1.165, 1.54) is 18.7 Å². The van der Waals surface area contributed by atoms with Gasteiger partial charge in [-0.05, 0) is 5.92 Å². The molecule has 2 aromatic heterocycles. The van der Waals surface area contributed by atoms with Crippen molar-refractivity contribution in [2.45, 2.75) is 13.3 Å². The number of anilines is 1. The molecule has 0 spiro atoms. The van der Waals surface area contributed by atoms with Crippen LogP contribution in [0.5, 0.6) is 0 Å². The number of nitrogens with one attached hydrogen (secondary N) is 2. The summed E-state index contributed by atoms with van der Waals surface area (Å²) in [7, 11) is 2.93. The smallest absolute Gasteiger partial charge is 0.332 e. The minimum Gasteiger partial charge on any atom is -0.481 e. The lowest BCUT2D eigenvalue weighted by molar-refractivity contribution is -0.137. The topological polar surface area (TPSA) is 122 Å². The van der Waals surface area contributed by atoms with Crippen LogP contribution in [0.3, 0.4) is 0 Å². The average molecular weight is 295 g/mol. The van der Waals surface area contributed by atoms with E-state index in [1.807, 2.05) is 0 Å². The number of rotatable bonds is 5. The van der Waals surface area contributed by atoms with Gasteiger partial charge in [0.1, 0.15) is 0 Å². The van der Waals surface area contributed by atoms with Crippen molar-refractivity contribution in [2.75, 3.05) is 11.9 Å². The number of carboxylic acids is 1. The highest BCUT2D eigenvalue weighted by Gasteiger charge is 2.14. The number of imidazole rings is 1. The predicted octanol–water partition coefficient (Wildman–Crippen LogP) is -0.517. The van der Waals surface area contributed by atoms with E-state index in [0.29, 0.717) is 12.5 Å². The van der Waals surface area contributed by atoms with E-state index in [9.17, 15) is 14.4 Å².